The van der Waals surface area contributed by atoms with Crippen molar-refractivity contribution in [3.05, 3.63) is 29.8 Å². The third-order valence-corrected chi connectivity index (χ3v) is 5.61. The van der Waals surface area contributed by atoms with Gasteiger partial charge in [-0.3, -0.25) is 14.7 Å². The summed E-state index contributed by atoms with van der Waals surface area (Å²) in [5, 5.41) is 6.48. The molecular formula is C22H36IN5O2. The van der Waals surface area contributed by atoms with E-state index in [9.17, 15) is 4.79 Å². The largest absolute Gasteiger partial charge is 0.379 e. The van der Waals surface area contributed by atoms with Gasteiger partial charge in [-0.1, -0.05) is 26.0 Å². The first kappa shape index (κ1) is 24.9. The van der Waals surface area contributed by atoms with E-state index in [0.29, 0.717) is 18.4 Å². The molecule has 168 valence electrons. The van der Waals surface area contributed by atoms with E-state index >= 15 is 0 Å². The molecule has 0 spiro atoms. The van der Waals surface area contributed by atoms with Gasteiger partial charge in [-0.05, 0) is 29.5 Å². The second kappa shape index (κ2) is 11.9. The van der Waals surface area contributed by atoms with Gasteiger partial charge >= 0.3 is 0 Å². The van der Waals surface area contributed by atoms with E-state index in [0.717, 1.165) is 63.1 Å². The van der Waals surface area contributed by atoms with Crippen LogP contribution in [-0.2, 0) is 16.1 Å². The minimum Gasteiger partial charge on any atom is -0.379 e. The number of aliphatic imine (C=N–C) groups is 1. The van der Waals surface area contributed by atoms with Gasteiger partial charge in [0.15, 0.2) is 5.96 Å². The Labute approximate surface area is 197 Å². The summed E-state index contributed by atoms with van der Waals surface area (Å²) >= 11 is 0. The number of nitrogens with zero attached hydrogens (tertiary/aromatic N) is 3. The van der Waals surface area contributed by atoms with E-state index in [1.807, 2.05) is 25.2 Å². The molecule has 1 amide bonds. The normalized spacial score (nSPS) is 19.3. The van der Waals surface area contributed by atoms with Crippen LogP contribution in [0, 0.1) is 5.41 Å². The summed E-state index contributed by atoms with van der Waals surface area (Å²) in [5.74, 6) is 0.993. The highest BCUT2D eigenvalue weighted by molar-refractivity contribution is 14.0. The van der Waals surface area contributed by atoms with Crippen LogP contribution in [0.1, 0.15) is 32.3 Å². The van der Waals surface area contributed by atoms with Crippen LogP contribution in [0.2, 0.25) is 0 Å². The highest BCUT2D eigenvalue weighted by Crippen LogP contribution is 2.28. The number of likely N-dealkylation sites (tertiary alicyclic amines) is 1. The van der Waals surface area contributed by atoms with E-state index in [-0.39, 0.29) is 29.9 Å². The number of anilines is 1. The zero-order valence-corrected chi connectivity index (χ0v) is 20.8. The number of rotatable bonds is 6. The summed E-state index contributed by atoms with van der Waals surface area (Å²) in [6.45, 7) is 11.4. The standard InChI is InChI=1S/C22H35N5O2.HI/c1-22(2)8-10-27(17-22)21(23-3)24-16-18-5-4-6-19(15-18)25-20(28)7-9-26-11-13-29-14-12-26;/h4-6,15H,7-14,16-17H2,1-3H3,(H,23,24)(H,25,28);1H. The van der Waals surface area contributed by atoms with Gasteiger partial charge in [0.05, 0.1) is 13.2 Å². The van der Waals surface area contributed by atoms with Gasteiger partial charge in [-0.2, -0.15) is 0 Å². The first-order valence-corrected chi connectivity index (χ1v) is 10.6. The number of guanidine groups is 1. The molecule has 0 saturated carbocycles. The summed E-state index contributed by atoms with van der Waals surface area (Å²) < 4.78 is 5.35. The summed E-state index contributed by atoms with van der Waals surface area (Å²) in [4.78, 5) is 21.3. The Balaban J connectivity index is 0.00000320. The van der Waals surface area contributed by atoms with Crippen LogP contribution in [0.15, 0.2) is 29.3 Å². The van der Waals surface area contributed by atoms with Gasteiger partial charge < -0.3 is 20.3 Å². The molecule has 3 rings (SSSR count). The van der Waals surface area contributed by atoms with Crippen LogP contribution in [-0.4, -0.2) is 74.7 Å². The number of amides is 1. The maximum absolute atomic E-state index is 12.3. The number of benzene rings is 1. The number of nitrogens with one attached hydrogen (secondary N) is 2. The molecule has 2 N–H and O–H groups in total. The van der Waals surface area contributed by atoms with E-state index < -0.39 is 0 Å². The Kier molecular flexibility index (Phi) is 9.83. The third-order valence-electron chi connectivity index (χ3n) is 5.61. The van der Waals surface area contributed by atoms with E-state index in [1.54, 1.807) is 0 Å². The quantitative estimate of drug-likeness (QED) is 0.337. The molecule has 0 unspecified atom stereocenters. The van der Waals surface area contributed by atoms with Crippen LogP contribution in [0.25, 0.3) is 0 Å². The molecule has 30 heavy (non-hydrogen) atoms. The fraction of sp³-hybridized carbons (Fsp3) is 0.636. The summed E-state index contributed by atoms with van der Waals surface area (Å²) in [6.07, 6.45) is 1.68. The van der Waals surface area contributed by atoms with Crippen molar-refractivity contribution in [1.29, 1.82) is 0 Å². The van der Waals surface area contributed by atoms with Crippen molar-refractivity contribution in [3.63, 3.8) is 0 Å². The van der Waals surface area contributed by atoms with Crippen LogP contribution in [0.3, 0.4) is 0 Å². The van der Waals surface area contributed by atoms with E-state index in [4.69, 9.17) is 4.74 Å². The molecule has 1 aromatic rings. The number of carbonyl (C=O) groups excluding carboxylic acids is 1. The Morgan fingerprint density at radius 2 is 2.00 bits per heavy atom. The van der Waals surface area contributed by atoms with Crippen LogP contribution >= 0.6 is 24.0 Å². The average Bonchev–Trinajstić information content (AvgIpc) is 3.07. The number of carbonyl (C=O) groups is 1. The smallest absolute Gasteiger partial charge is 0.225 e. The SMILES string of the molecule is CN=C(NCc1cccc(NC(=O)CCN2CCOCC2)c1)N1CCC(C)(C)C1.I. The van der Waals surface area contributed by atoms with Gasteiger partial charge in [0.2, 0.25) is 5.91 Å². The Morgan fingerprint density at radius 1 is 1.23 bits per heavy atom. The predicted molar refractivity (Wildman–Crippen MR) is 133 cm³/mol. The minimum absolute atomic E-state index is 0. The summed E-state index contributed by atoms with van der Waals surface area (Å²) in [5.41, 5.74) is 2.30. The first-order valence-electron chi connectivity index (χ1n) is 10.6. The number of morpholine rings is 1. The average molecular weight is 529 g/mol. The highest BCUT2D eigenvalue weighted by atomic mass is 127. The zero-order valence-electron chi connectivity index (χ0n) is 18.4. The number of halogens is 1. The molecule has 0 aliphatic carbocycles. The fourth-order valence-electron chi connectivity index (χ4n) is 3.87. The maximum Gasteiger partial charge on any atom is 0.225 e. The molecule has 2 aliphatic heterocycles. The lowest BCUT2D eigenvalue weighted by Crippen LogP contribution is -2.40. The van der Waals surface area contributed by atoms with Gasteiger partial charge in [0.1, 0.15) is 0 Å². The molecule has 2 fully saturated rings. The van der Waals surface area contributed by atoms with Crippen molar-refractivity contribution in [2.75, 3.05) is 58.3 Å². The monoisotopic (exact) mass is 529 g/mol. The number of ether oxygens (including phenoxy) is 1. The molecule has 1 aromatic carbocycles. The molecule has 0 radical (unpaired) electrons. The van der Waals surface area contributed by atoms with E-state index in [1.165, 1.54) is 6.42 Å². The molecule has 2 heterocycles. The van der Waals surface area contributed by atoms with Gasteiger partial charge in [0.25, 0.3) is 0 Å². The first-order chi connectivity index (χ1) is 13.9. The Morgan fingerprint density at radius 3 is 2.67 bits per heavy atom. The van der Waals surface area contributed by atoms with Crippen LogP contribution < -0.4 is 10.6 Å². The summed E-state index contributed by atoms with van der Waals surface area (Å²) in [6, 6.07) is 8.02. The predicted octanol–water partition coefficient (Wildman–Crippen LogP) is 2.77. The second-order valence-corrected chi connectivity index (χ2v) is 8.69. The number of hydrogen-bond acceptors (Lipinski definition) is 4. The lowest BCUT2D eigenvalue weighted by molar-refractivity contribution is -0.116. The maximum atomic E-state index is 12.3. The Hall–Kier alpha value is -1.39. The Bertz CT molecular complexity index is 719. The lowest BCUT2D eigenvalue weighted by Gasteiger charge is -2.26. The van der Waals surface area contributed by atoms with Crippen molar-refractivity contribution in [2.24, 2.45) is 10.4 Å². The van der Waals surface area contributed by atoms with Crippen molar-refractivity contribution in [3.8, 4) is 0 Å². The molecular weight excluding hydrogens is 493 g/mol. The van der Waals surface area contributed by atoms with Gasteiger partial charge in [0, 0.05) is 58.4 Å². The van der Waals surface area contributed by atoms with Crippen molar-refractivity contribution in [1.82, 2.24) is 15.1 Å². The molecule has 2 saturated heterocycles. The van der Waals surface area contributed by atoms with Crippen molar-refractivity contribution in [2.45, 2.75) is 33.2 Å². The molecule has 8 heteroatoms. The van der Waals surface area contributed by atoms with Crippen molar-refractivity contribution < 1.29 is 9.53 Å². The summed E-state index contributed by atoms with van der Waals surface area (Å²) in [7, 11) is 1.83. The highest BCUT2D eigenvalue weighted by Gasteiger charge is 2.30. The van der Waals surface area contributed by atoms with Gasteiger partial charge in [-0.25, -0.2) is 0 Å². The topological polar surface area (TPSA) is 69.2 Å². The second-order valence-electron chi connectivity index (χ2n) is 8.69. The molecule has 0 aromatic heterocycles. The van der Waals surface area contributed by atoms with Gasteiger partial charge in [-0.15, -0.1) is 24.0 Å². The molecule has 2 aliphatic rings. The lowest BCUT2D eigenvalue weighted by atomic mass is 9.93. The molecule has 7 nitrogen and oxygen atoms in total. The third kappa shape index (κ3) is 7.70. The zero-order chi connectivity index (χ0) is 20.7. The van der Waals surface area contributed by atoms with Crippen molar-refractivity contribution >= 4 is 41.5 Å². The van der Waals surface area contributed by atoms with Crippen LogP contribution in [0.5, 0.6) is 0 Å². The number of hydrogen-bond donors (Lipinski definition) is 2. The van der Waals surface area contributed by atoms with E-state index in [2.05, 4.69) is 45.3 Å². The minimum atomic E-state index is 0. The van der Waals surface area contributed by atoms with Crippen LogP contribution in [0.4, 0.5) is 5.69 Å². The fourth-order valence-corrected chi connectivity index (χ4v) is 3.87. The molecule has 0 atom stereocenters. The molecule has 0 bridgehead atoms.